The van der Waals surface area contributed by atoms with Crippen LogP contribution in [0.25, 0.3) is 0 Å². The number of amides is 1. The fraction of sp³-hybridized carbons (Fsp3) is 0.381. The van der Waals surface area contributed by atoms with Crippen molar-refractivity contribution in [2.45, 2.75) is 26.4 Å². The van der Waals surface area contributed by atoms with Gasteiger partial charge in [0.25, 0.3) is 5.91 Å². The summed E-state index contributed by atoms with van der Waals surface area (Å²) in [6.07, 6.45) is 1.92. The van der Waals surface area contributed by atoms with E-state index in [9.17, 15) is 9.90 Å². The van der Waals surface area contributed by atoms with Gasteiger partial charge in [0.05, 0.1) is 6.61 Å². The monoisotopic (exact) mass is 373 g/mol. The molecule has 1 N–H and O–H groups in total. The number of rotatable bonds is 6. The van der Waals surface area contributed by atoms with Crippen LogP contribution in [0.15, 0.2) is 42.5 Å². The van der Waals surface area contributed by atoms with E-state index in [0.717, 1.165) is 37.1 Å². The number of aliphatic hydroxyl groups excluding tert-OH is 1. The molecule has 1 fully saturated rings. The normalized spacial score (nSPS) is 16.7. The molecule has 2 aromatic rings. The van der Waals surface area contributed by atoms with Gasteiger partial charge in [-0.25, -0.2) is 0 Å². The van der Waals surface area contributed by atoms with E-state index in [0.29, 0.717) is 16.7 Å². The van der Waals surface area contributed by atoms with Crippen LogP contribution >= 0.6 is 11.6 Å². The van der Waals surface area contributed by atoms with E-state index in [2.05, 4.69) is 6.07 Å². The number of nitrogens with zero attached hydrogens (tertiary/aromatic N) is 1. The molecule has 1 aliphatic heterocycles. The first kappa shape index (κ1) is 18.7. The molecule has 1 heterocycles. The third kappa shape index (κ3) is 4.77. The molecule has 0 bridgehead atoms. The summed E-state index contributed by atoms with van der Waals surface area (Å²) in [4.78, 5) is 14.3. The molecule has 1 saturated heterocycles. The van der Waals surface area contributed by atoms with E-state index in [1.165, 1.54) is 5.56 Å². The number of carbonyl (C=O) groups excluding carboxylic acids is 1. The highest BCUT2D eigenvalue weighted by Gasteiger charge is 2.26. The predicted molar refractivity (Wildman–Crippen MR) is 102 cm³/mol. The molecule has 2 aromatic carbocycles. The third-order valence-electron chi connectivity index (χ3n) is 4.83. The van der Waals surface area contributed by atoms with Crippen molar-refractivity contribution in [3.63, 3.8) is 0 Å². The average Bonchev–Trinajstić information content (AvgIpc) is 3.09. The zero-order chi connectivity index (χ0) is 18.5. The quantitative estimate of drug-likeness (QED) is 0.841. The van der Waals surface area contributed by atoms with Gasteiger partial charge in [0, 0.05) is 18.1 Å². The standard InChI is InChI=1S/C21H24ClNO3/c1-15-9-19(22)5-6-20(15)26-14-21(25)23-8-7-17(12-23)10-16-3-2-4-18(11-16)13-24/h2-6,9,11,17,24H,7-8,10,12-14H2,1H3. The molecule has 4 nitrogen and oxygen atoms in total. The number of ether oxygens (including phenoxy) is 1. The van der Waals surface area contributed by atoms with Crippen LogP contribution in [-0.4, -0.2) is 35.6 Å². The second-order valence-electron chi connectivity index (χ2n) is 6.88. The fourth-order valence-corrected chi connectivity index (χ4v) is 3.65. The third-order valence-corrected chi connectivity index (χ3v) is 5.06. The highest BCUT2D eigenvalue weighted by atomic mass is 35.5. The molecular formula is C21H24ClNO3. The number of aryl methyl sites for hydroxylation is 1. The highest BCUT2D eigenvalue weighted by Crippen LogP contribution is 2.24. The lowest BCUT2D eigenvalue weighted by molar-refractivity contribution is -0.132. The molecule has 3 rings (SSSR count). The maximum atomic E-state index is 12.4. The summed E-state index contributed by atoms with van der Waals surface area (Å²) in [5.74, 6) is 1.16. The lowest BCUT2D eigenvalue weighted by Gasteiger charge is -2.17. The molecule has 5 heteroatoms. The molecule has 0 radical (unpaired) electrons. The van der Waals surface area contributed by atoms with Crippen LogP contribution in [-0.2, 0) is 17.8 Å². The first-order chi connectivity index (χ1) is 12.5. The number of halogens is 1. The largest absolute Gasteiger partial charge is 0.483 e. The summed E-state index contributed by atoms with van der Waals surface area (Å²) >= 11 is 5.94. The van der Waals surface area contributed by atoms with Crippen molar-refractivity contribution in [2.24, 2.45) is 5.92 Å². The van der Waals surface area contributed by atoms with Crippen LogP contribution in [0.4, 0.5) is 0 Å². The number of aliphatic hydroxyl groups is 1. The Balaban J connectivity index is 1.50. The highest BCUT2D eigenvalue weighted by molar-refractivity contribution is 6.30. The molecule has 0 aliphatic carbocycles. The Labute approximate surface area is 159 Å². The molecule has 1 atom stereocenters. The van der Waals surface area contributed by atoms with Gasteiger partial charge in [-0.15, -0.1) is 0 Å². The van der Waals surface area contributed by atoms with Crippen LogP contribution in [0.1, 0.15) is 23.1 Å². The Morgan fingerprint density at radius 3 is 2.85 bits per heavy atom. The Bertz CT molecular complexity index is 778. The summed E-state index contributed by atoms with van der Waals surface area (Å²) in [5, 5.41) is 9.91. The lowest BCUT2D eigenvalue weighted by Crippen LogP contribution is -2.33. The van der Waals surface area contributed by atoms with Gasteiger partial charge < -0.3 is 14.7 Å². The summed E-state index contributed by atoms with van der Waals surface area (Å²) in [5.41, 5.74) is 3.07. The molecule has 1 unspecified atom stereocenters. The molecule has 1 aliphatic rings. The summed E-state index contributed by atoms with van der Waals surface area (Å²) in [7, 11) is 0. The minimum Gasteiger partial charge on any atom is -0.483 e. The van der Waals surface area contributed by atoms with E-state index in [-0.39, 0.29) is 19.1 Å². The summed E-state index contributed by atoms with van der Waals surface area (Å²) in [6.45, 7) is 3.55. The van der Waals surface area contributed by atoms with Gasteiger partial charge in [-0.05, 0) is 60.6 Å². The van der Waals surface area contributed by atoms with Crippen molar-refractivity contribution in [3.8, 4) is 5.75 Å². The van der Waals surface area contributed by atoms with Crippen molar-refractivity contribution >= 4 is 17.5 Å². The minimum atomic E-state index is 0.0194. The number of hydrogen-bond acceptors (Lipinski definition) is 3. The summed E-state index contributed by atoms with van der Waals surface area (Å²) in [6, 6.07) is 13.4. The van der Waals surface area contributed by atoms with Crippen LogP contribution in [0.3, 0.4) is 0 Å². The average molecular weight is 374 g/mol. The van der Waals surface area contributed by atoms with Gasteiger partial charge >= 0.3 is 0 Å². The minimum absolute atomic E-state index is 0.0194. The molecular weight excluding hydrogens is 350 g/mol. The van der Waals surface area contributed by atoms with Crippen molar-refractivity contribution in [1.29, 1.82) is 0 Å². The van der Waals surface area contributed by atoms with Gasteiger partial charge in [0.15, 0.2) is 6.61 Å². The molecule has 138 valence electrons. The molecule has 0 aromatic heterocycles. The fourth-order valence-electron chi connectivity index (χ4n) is 3.42. The summed E-state index contributed by atoms with van der Waals surface area (Å²) < 4.78 is 5.67. The first-order valence-corrected chi connectivity index (χ1v) is 9.28. The Kier molecular flexibility index (Phi) is 6.17. The first-order valence-electron chi connectivity index (χ1n) is 8.90. The molecule has 0 spiro atoms. The number of likely N-dealkylation sites (tertiary alicyclic amines) is 1. The second kappa shape index (κ2) is 8.56. The van der Waals surface area contributed by atoms with Crippen molar-refractivity contribution in [1.82, 2.24) is 4.90 Å². The molecule has 1 amide bonds. The Hall–Kier alpha value is -2.04. The SMILES string of the molecule is Cc1cc(Cl)ccc1OCC(=O)N1CCC(Cc2cccc(CO)c2)C1. The van der Waals surface area contributed by atoms with E-state index in [4.69, 9.17) is 16.3 Å². The van der Waals surface area contributed by atoms with Gasteiger partial charge in [0.2, 0.25) is 0 Å². The van der Waals surface area contributed by atoms with Crippen LogP contribution in [0.5, 0.6) is 5.75 Å². The number of benzene rings is 2. The lowest BCUT2D eigenvalue weighted by atomic mass is 9.97. The number of carbonyl (C=O) groups is 1. The molecule has 26 heavy (non-hydrogen) atoms. The zero-order valence-corrected chi connectivity index (χ0v) is 15.7. The van der Waals surface area contributed by atoms with Crippen LogP contribution in [0.2, 0.25) is 5.02 Å². The molecule has 0 saturated carbocycles. The van der Waals surface area contributed by atoms with Crippen LogP contribution < -0.4 is 4.74 Å². The van der Waals surface area contributed by atoms with Crippen molar-refractivity contribution in [3.05, 3.63) is 64.2 Å². The maximum Gasteiger partial charge on any atom is 0.260 e. The van der Waals surface area contributed by atoms with Gasteiger partial charge in [0.1, 0.15) is 5.75 Å². The van der Waals surface area contributed by atoms with E-state index in [1.807, 2.05) is 36.1 Å². The second-order valence-corrected chi connectivity index (χ2v) is 7.31. The van der Waals surface area contributed by atoms with Crippen molar-refractivity contribution in [2.75, 3.05) is 19.7 Å². The van der Waals surface area contributed by atoms with Gasteiger partial charge in [-0.3, -0.25) is 4.79 Å². The smallest absolute Gasteiger partial charge is 0.260 e. The Morgan fingerprint density at radius 2 is 2.08 bits per heavy atom. The van der Waals surface area contributed by atoms with Crippen LogP contribution in [0, 0.1) is 12.8 Å². The Morgan fingerprint density at radius 1 is 1.27 bits per heavy atom. The topological polar surface area (TPSA) is 49.8 Å². The van der Waals surface area contributed by atoms with E-state index in [1.54, 1.807) is 12.1 Å². The maximum absolute atomic E-state index is 12.4. The van der Waals surface area contributed by atoms with E-state index >= 15 is 0 Å². The van der Waals surface area contributed by atoms with Crippen molar-refractivity contribution < 1.29 is 14.6 Å². The van der Waals surface area contributed by atoms with Gasteiger partial charge in [-0.2, -0.15) is 0 Å². The number of hydrogen-bond donors (Lipinski definition) is 1. The van der Waals surface area contributed by atoms with E-state index < -0.39 is 0 Å². The van der Waals surface area contributed by atoms with Gasteiger partial charge in [-0.1, -0.05) is 35.9 Å². The predicted octanol–water partition coefficient (Wildman–Crippen LogP) is 3.61. The zero-order valence-electron chi connectivity index (χ0n) is 15.0.